The van der Waals surface area contributed by atoms with Gasteiger partial charge in [-0.05, 0) is 13.8 Å². The summed E-state index contributed by atoms with van der Waals surface area (Å²) in [5.74, 6) is -2.28. The molecule has 3 N–H and O–H groups in total. The van der Waals surface area contributed by atoms with E-state index in [1.807, 2.05) is 5.32 Å². The molecule has 0 aliphatic carbocycles. The predicted octanol–water partition coefficient (Wildman–Crippen LogP) is 1.14. The van der Waals surface area contributed by atoms with Crippen molar-refractivity contribution in [3.8, 4) is 0 Å². The lowest BCUT2D eigenvalue weighted by molar-refractivity contribution is -0.392. The van der Waals surface area contributed by atoms with E-state index in [0.29, 0.717) is 0 Å². The molecule has 0 aliphatic heterocycles. The quantitative estimate of drug-likeness (QED) is 0.495. The minimum Gasteiger partial charge on any atom is -0.480 e. The number of anilines is 1. The molecule has 0 spiro atoms. The molecule has 0 fully saturated rings. The Morgan fingerprint density at radius 1 is 1.17 bits per heavy atom. The molecule has 23 heavy (non-hydrogen) atoms. The van der Waals surface area contributed by atoms with Crippen LogP contribution in [0.3, 0.4) is 0 Å². The topological polar surface area (TPSA) is 165 Å². The van der Waals surface area contributed by atoms with E-state index in [4.69, 9.17) is 5.11 Å². The Kier molecular flexibility index (Phi) is 5.54. The van der Waals surface area contributed by atoms with Crippen molar-refractivity contribution in [2.75, 3.05) is 11.9 Å². The number of nitrogens with zero attached hydrogens (tertiary/aromatic N) is 2. The molecule has 1 amide bonds. The van der Waals surface area contributed by atoms with Crippen LogP contribution in [0.1, 0.15) is 24.2 Å². The van der Waals surface area contributed by atoms with Gasteiger partial charge in [0.25, 0.3) is 17.3 Å². The average molecular weight is 326 g/mol. The third-order valence-corrected chi connectivity index (χ3v) is 2.59. The van der Waals surface area contributed by atoms with E-state index < -0.39 is 39.6 Å². The van der Waals surface area contributed by atoms with Crippen LogP contribution in [0.25, 0.3) is 0 Å². The summed E-state index contributed by atoms with van der Waals surface area (Å²) in [4.78, 5) is 42.8. The second-order valence-electron chi connectivity index (χ2n) is 4.78. The van der Waals surface area contributed by atoms with Gasteiger partial charge in [-0.2, -0.15) is 0 Å². The van der Waals surface area contributed by atoms with Gasteiger partial charge in [-0.3, -0.25) is 29.8 Å². The maximum atomic E-state index is 11.8. The molecule has 11 nitrogen and oxygen atoms in total. The Balaban J connectivity index is 3.41. The van der Waals surface area contributed by atoms with Crippen LogP contribution >= 0.6 is 0 Å². The molecule has 0 aliphatic rings. The fourth-order valence-corrected chi connectivity index (χ4v) is 1.73. The number of aliphatic carboxylic acids is 1. The maximum absolute atomic E-state index is 11.8. The van der Waals surface area contributed by atoms with Crippen LogP contribution < -0.4 is 10.6 Å². The third kappa shape index (κ3) is 4.62. The van der Waals surface area contributed by atoms with Crippen molar-refractivity contribution in [1.29, 1.82) is 0 Å². The molecule has 0 unspecified atom stereocenters. The number of hydrogen-bond donors (Lipinski definition) is 3. The fourth-order valence-electron chi connectivity index (χ4n) is 1.73. The van der Waals surface area contributed by atoms with E-state index >= 15 is 0 Å². The minimum atomic E-state index is -1.32. The first kappa shape index (κ1) is 17.8. The van der Waals surface area contributed by atoms with Gasteiger partial charge in [-0.25, -0.2) is 0 Å². The van der Waals surface area contributed by atoms with Crippen LogP contribution in [0.15, 0.2) is 12.1 Å². The van der Waals surface area contributed by atoms with Gasteiger partial charge in [0.2, 0.25) is 0 Å². The molecule has 0 atom stereocenters. The summed E-state index contributed by atoms with van der Waals surface area (Å²) in [5, 5.41) is 35.4. The molecule has 1 aromatic carbocycles. The van der Waals surface area contributed by atoms with Gasteiger partial charge in [-0.1, -0.05) is 0 Å². The summed E-state index contributed by atoms with van der Waals surface area (Å²) < 4.78 is 0. The average Bonchev–Trinajstić information content (AvgIpc) is 2.43. The van der Waals surface area contributed by atoms with E-state index in [1.165, 1.54) is 0 Å². The monoisotopic (exact) mass is 326 g/mol. The van der Waals surface area contributed by atoms with Crippen LogP contribution in [0.4, 0.5) is 17.1 Å². The van der Waals surface area contributed by atoms with E-state index in [1.54, 1.807) is 13.8 Å². The molecular weight excluding hydrogens is 312 g/mol. The lowest BCUT2D eigenvalue weighted by Gasteiger charge is -2.12. The van der Waals surface area contributed by atoms with Crippen molar-refractivity contribution in [2.24, 2.45) is 0 Å². The SMILES string of the molecule is CC(C)Nc1c([N+](=O)[O-])cc(C(=O)NCC(=O)O)cc1[N+](=O)[O-]. The second kappa shape index (κ2) is 7.15. The van der Waals surface area contributed by atoms with Crippen LogP contribution in [-0.2, 0) is 4.79 Å². The van der Waals surface area contributed by atoms with Gasteiger partial charge in [-0.15, -0.1) is 0 Å². The van der Waals surface area contributed by atoms with E-state index in [-0.39, 0.29) is 17.3 Å². The molecule has 0 saturated heterocycles. The Hall–Kier alpha value is -3.24. The van der Waals surface area contributed by atoms with Gasteiger partial charge in [0, 0.05) is 18.2 Å². The number of benzene rings is 1. The number of nitro groups is 2. The highest BCUT2D eigenvalue weighted by atomic mass is 16.6. The number of rotatable bonds is 7. The lowest BCUT2D eigenvalue weighted by Crippen LogP contribution is -2.29. The minimum absolute atomic E-state index is 0.315. The number of carboxylic acids is 1. The highest BCUT2D eigenvalue weighted by molar-refractivity contribution is 5.98. The highest BCUT2D eigenvalue weighted by Crippen LogP contribution is 2.36. The van der Waals surface area contributed by atoms with Crippen LogP contribution in [-0.4, -0.2) is 39.4 Å². The van der Waals surface area contributed by atoms with Crippen LogP contribution in [0.2, 0.25) is 0 Å². The zero-order chi connectivity index (χ0) is 17.7. The van der Waals surface area contributed by atoms with Crippen molar-refractivity contribution in [3.63, 3.8) is 0 Å². The summed E-state index contributed by atoms with van der Waals surface area (Å²) in [7, 11) is 0. The number of nitro benzene ring substituents is 2. The molecule has 124 valence electrons. The van der Waals surface area contributed by atoms with E-state index in [0.717, 1.165) is 12.1 Å². The van der Waals surface area contributed by atoms with E-state index in [9.17, 15) is 29.8 Å². The van der Waals surface area contributed by atoms with Crippen LogP contribution in [0.5, 0.6) is 0 Å². The number of nitrogens with one attached hydrogen (secondary N) is 2. The number of hydrogen-bond acceptors (Lipinski definition) is 7. The van der Waals surface area contributed by atoms with Crippen molar-refractivity contribution < 1.29 is 24.5 Å². The van der Waals surface area contributed by atoms with Crippen LogP contribution in [0, 0.1) is 20.2 Å². The normalized spacial score (nSPS) is 10.2. The molecule has 1 rings (SSSR count). The summed E-state index contributed by atoms with van der Waals surface area (Å²) in [6.45, 7) is 2.56. The first-order chi connectivity index (χ1) is 10.6. The number of carbonyl (C=O) groups excluding carboxylic acids is 1. The summed E-state index contributed by atoms with van der Waals surface area (Å²) >= 11 is 0. The largest absolute Gasteiger partial charge is 0.480 e. The zero-order valence-electron chi connectivity index (χ0n) is 12.2. The molecule has 0 bridgehead atoms. The number of amides is 1. The first-order valence-corrected chi connectivity index (χ1v) is 6.36. The predicted molar refractivity (Wildman–Crippen MR) is 78.5 cm³/mol. The van der Waals surface area contributed by atoms with E-state index in [2.05, 4.69) is 5.32 Å². The van der Waals surface area contributed by atoms with Crippen molar-refractivity contribution >= 4 is 28.9 Å². The van der Waals surface area contributed by atoms with Gasteiger partial charge in [0.05, 0.1) is 15.4 Å². The smallest absolute Gasteiger partial charge is 0.322 e. The Morgan fingerprint density at radius 2 is 1.65 bits per heavy atom. The van der Waals surface area contributed by atoms with Gasteiger partial charge in [0.15, 0.2) is 5.69 Å². The maximum Gasteiger partial charge on any atom is 0.322 e. The zero-order valence-corrected chi connectivity index (χ0v) is 12.2. The summed E-state index contributed by atoms with van der Waals surface area (Å²) in [6, 6.07) is 1.39. The summed E-state index contributed by atoms with van der Waals surface area (Å²) in [6.07, 6.45) is 0. The van der Waals surface area contributed by atoms with Gasteiger partial charge < -0.3 is 15.7 Å². The molecule has 0 aromatic heterocycles. The fraction of sp³-hybridized carbons (Fsp3) is 0.333. The van der Waals surface area contributed by atoms with Crippen molar-refractivity contribution in [2.45, 2.75) is 19.9 Å². The molecule has 1 aromatic rings. The Morgan fingerprint density at radius 3 is 2.00 bits per heavy atom. The van der Waals surface area contributed by atoms with Gasteiger partial charge in [0.1, 0.15) is 6.54 Å². The molecule has 0 heterocycles. The molecular formula is C12H14N4O7. The number of carboxylic acid groups (broad SMARTS) is 1. The standard InChI is InChI=1S/C12H14N4O7/c1-6(2)14-11-8(15(20)21)3-7(4-9(11)16(22)23)12(19)13-5-10(17)18/h3-4,6,14H,5H2,1-2H3,(H,13,19)(H,17,18). The van der Waals surface area contributed by atoms with Gasteiger partial charge >= 0.3 is 5.97 Å². The summed E-state index contributed by atoms with van der Waals surface area (Å²) in [5.41, 5.74) is -1.98. The Bertz CT molecular complexity index is 636. The lowest BCUT2D eigenvalue weighted by atomic mass is 10.1. The molecule has 0 radical (unpaired) electrons. The molecule has 0 saturated carbocycles. The highest BCUT2D eigenvalue weighted by Gasteiger charge is 2.29. The Labute approximate surface area is 129 Å². The first-order valence-electron chi connectivity index (χ1n) is 6.36. The number of carbonyl (C=O) groups is 2. The van der Waals surface area contributed by atoms with Crippen molar-refractivity contribution in [1.82, 2.24) is 5.32 Å². The third-order valence-electron chi connectivity index (χ3n) is 2.59. The van der Waals surface area contributed by atoms with Crippen molar-refractivity contribution in [3.05, 3.63) is 37.9 Å². The second-order valence-corrected chi connectivity index (χ2v) is 4.78. The molecule has 11 heteroatoms.